The molecule has 0 saturated carbocycles. The molecule has 0 amide bonds. The van der Waals surface area contributed by atoms with E-state index in [0.29, 0.717) is 6.04 Å². The maximum Gasteiger partial charge on any atom is 0.0996 e. The molecule has 1 atom stereocenters. The Labute approximate surface area is 162 Å². The van der Waals surface area contributed by atoms with Crippen LogP contribution in [0, 0.1) is 6.92 Å². The third-order valence-electron chi connectivity index (χ3n) is 5.43. The first-order chi connectivity index (χ1) is 13.3. The van der Waals surface area contributed by atoms with Crippen molar-refractivity contribution >= 4 is 16.9 Å². The van der Waals surface area contributed by atoms with Crippen LogP contribution in [0.2, 0.25) is 0 Å². The first kappa shape index (κ1) is 16.6. The lowest BCUT2D eigenvalue weighted by molar-refractivity contribution is 0.248. The van der Waals surface area contributed by atoms with Crippen LogP contribution in [0.15, 0.2) is 54.7 Å². The highest BCUT2D eigenvalue weighted by Crippen LogP contribution is 2.35. The Hall–Kier alpha value is -2.57. The van der Waals surface area contributed by atoms with Crippen molar-refractivity contribution < 1.29 is 0 Å². The second kappa shape index (κ2) is 6.87. The number of aromatic nitrogens is 4. The van der Waals surface area contributed by atoms with E-state index in [9.17, 15) is 0 Å². The number of aryl methyl sites for hydroxylation is 1. The normalized spacial score (nSPS) is 17.7. The molecule has 0 aliphatic carbocycles. The maximum absolute atomic E-state index is 4.81. The molecule has 5 heterocycles. The SMILES string of the molecule is Cc1ncsc1CN1CCC[C@@H]1c1ncn2cc(-c3cccnc3)ccc12. The van der Waals surface area contributed by atoms with Gasteiger partial charge in [0.25, 0.3) is 0 Å². The molecule has 4 aromatic heterocycles. The van der Waals surface area contributed by atoms with Gasteiger partial charge in [-0.15, -0.1) is 11.3 Å². The van der Waals surface area contributed by atoms with Gasteiger partial charge in [-0.25, -0.2) is 9.97 Å². The molecule has 0 spiro atoms. The van der Waals surface area contributed by atoms with Crippen molar-refractivity contribution in [3.63, 3.8) is 0 Å². The van der Waals surface area contributed by atoms with Crippen molar-refractivity contribution in [2.45, 2.75) is 32.4 Å². The molecule has 0 bridgehead atoms. The number of rotatable bonds is 4. The van der Waals surface area contributed by atoms with Crippen molar-refractivity contribution in [1.82, 2.24) is 24.3 Å². The van der Waals surface area contributed by atoms with Crippen molar-refractivity contribution in [1.29, 1.82) is 0 Å². The molecule has 0 unspecified atom stereocenters. The van der Waals surface area contributed by atoms with E-state index < -0.39 is 0 Å². The summed E-state index contributed by atoms with van der Waals surface area (Å²) in [7, 11) is 0. The Kier molecular flexibility index (Phi) is 4.22. The van der Waals surface area contributed by atoms with Crippen LogP contribution in [-0.4, -0.2) is 30.8 Å². The fourth-order valence-corrected chi connectivity index (χ4v) is 4.77. The van der Waals surface area contributed by atoms with Crippen LogP contribution in [0.5, 0.6) is 0 Å². The summed E-state index contributed by atoms with van der Waals surface area (Å²) in [6.45, 7) is 4.19. The van der Waals surface area contributed by atoms with E-state index in [-0.39, 0.29) is 0 Å². The molecule has 1 aliphatic heterocycles. The van der Waals surface area contributed by atoms with Crippen LogP contribution in [-0.2, 0) is 6.54 Å². The van der Waals surface area contributed by atoms with E-state index >= 15 is 0 Å². The largest absolute Gasteiger partial charge is 0.305 e. The van der Waals surface area contributed by atoms with Gasteiger partial charge in [0.05, 0.1) is 34.8 Å². The second-order valence-electron chi connectivity index (χ2n) is 7.07. The number of hydrogen-bond acceptors (Lipinski definition) is 5. The lowest BCUT2D eigenvalue weighted by Gasteiger charge is -2.23. The Bertz CT molecular complexity index is 1070. The average molecular weight is 376 g/mol. The molecule has 4 aromatic rings. The van der Waals surface area contributed by atoms with Crippen molar-refractivity contribution in [3.8, 4) is 11.1 Å². The maximum atomic E-state index is 4.81. The first-order valence-electron chi connectivity index (χ1n) is 9.29. The van der Waals surface area contributed by atoms with Crippen LogP contribution in [0.3, 0.4) is 0 Å². The minimum Gasteiger partial charge on any atom is -0.305 e. The van der Waals surface area contributed by atoms with E-state index in [0.717, 1.165) is 36.3 Å². The number of hydrogen-bond donors (Lipinski definition) is 0. The molecular weight excluding hydrogens is 354 g/mol. The molecule has 5 nitrogen and oxygen atoms in total. The summed E-state index contributed by atoms with van der Waals surface area (Å²) in [5.74, 6) is 0. The van der Waals surface area contributed by atoms with Gasteiger partial charge in [0.1, 0.15) is 0 Å². The van der Waals surface area contributed by atoms with Gasteiger partial charge in [-0.3, -0.25) is 9.88 Å². The lowest BCUT2D eigenvalue weighted by atomic mass is 10.1. The lowest BCUT2D eigenvalue weighted by Crippen LogP contribution is -2.23. The zero-order chi connectivity index (χ0) is 18.2. The average Bonchev–Trinajstić information content (AvgIpc) is 3.42. The summed E-state index contributed by atoms with van der Waals surface area (Å²) < 4.78 is 2.14. The van der Waals surface area contributed by atoms with Gasteiger partial charge < -0.3 is 4.40 Å². The summed E-state index contributed by atoms with van der Waals surface area (Å²) >= 11 is 1.75. The summed E-state index contributed by atoms with van der Waals surface area (Å²) in [5, 5.41) is 0. The number of likely N-dealkylation sites (tertiary alicyclic amines) is 1. The predicted octanol–water partition coefficient (Wildman–Crippen LogP) is 4.50. The molecule has 1 saturated heterocycles. The van der Waals surface area contributed by atoms with Crippen LogP contribution < -0.4 is 0 Å². The zero-order valence-corrected chi connectivity index (χ0v) is 16.1. The minimum absolute atomic E-state index is 0.376. The number of pyridine rings is 2. The van der Waals surface area contributed by atoms with E-state index in [4.69, 9.17) is 4.98 Å². The first-order valence-corrected chi connectivity index (χ1v) is 10.2. The molecule has 0 N–H and O–H groups in total. The van der Waals surface area contributed by atoms with Crippen molar-refractivity contribution in [2.24, 2.45) is 0 Å². The van der Waals surface area contributed by atoms with Gasteiger partial charge >= 0.3 is 0 Å². The van der Waals surface area contributed by atoms with E-state index in [2.05, 4.69) is 50.6 Å². The van der Waals surface area contributed by atoms with Crippen LogP contribution in [0.4, 0.5) is 0 Å². The highest BCUT2D eigenvalue weighted by molar-refractivity contribution is 7.09. The van der Waals surface area contributed by atoms with Crippen LogP contribution in [0.1, 0.15) is 35.1 Å². The third-order valence-corrected chi connectivity index (χ3v) is 6.35. The van der Waals surface area contributed by atoms with Gasteiger partial charge in [-0.1, -0.05) is 12.1 Å². The molecular formula is C21H21N5S. The highest BCUT2D eigenvalue weighted by atomic mass is 32.1. The standard InChI is InChI=1S/C21H21N5S/c1-15-20(27-14-24-15)12-25-9-3-5-18(25)21-19-7-6-17(11-26(19)13-23-21)16-4-2-8-22-10-16/h2,4,6-8,10-11,13-14,18H,3,5,9,12H2,1H3/t18-/m1/s1. The molecule has 0 aromatic carbocycles. The number of nitrogens with zero attached hydrogens (tertiary/aromatic N) is 5. The summed E-state index contributed by atoms with van der Waals surface area (Å²) in [5.41, 5.74) is 7.76. The monoisotopic (exact) mass is 375 g/mol. The van der Waals surface area contributed by atoms with Crippen molar-refractivity contribution in [3.05, 3.63) is 71.0 Å². The van der Waals surface area contributed by atoms with E-state index in [1.54, 1.807) is 17.5 Å². The van der Waals surface area contributed by atoms with Crippen molar-refractivity contribution in [2.75, 3.05) is 6.54 Å². The molecule has 27 heavy (non-hydrogen) atoms. The van der Waals surface area contributed by atoms with Crippen LogP contribution in [0.25, 0.3) is 16.6 Å². The third kappa shape index (κ3) is 3.05. The zero-order valence-electron chi connectivity index (χ0n) is 15.2. The predicted molar refractivity (Wildman–Crippen MR) is 108 cm³/mol. The van der Waals surface area contributed by atoms with E-state index in [1.165, 1.54) is 22.5 Å². The Morgan fingerprint density at radius 2 is 2.15 bits per heavy atom. The van der Waals surface area contributed by atoms with Gasteiger partial charge in [0.15, 0.2) is 0 Å². The Balaban J connectivity index is 1.47. The van der Waals surface area contributed by atoms with Gasteiger partial charge in [0.2, 0.25) is 0 Å². The Morgan fingerprint density at radius 1 is 1.19 bits per heavy atom. The van der Waals surface area contributed by atoms with Crippen LogP contribution >= 0.6 is 11.3 Å². The molecule has 6 heteroatoms. The smallest absolute Gasteiger partial charge is 0.0996 e. The highest BCUT2D eigenvalue weighted by Gasteiger charge is 2.29. The van der Waals surface area contributed by atoms with Gasteiger partial charge in [-0.05, 0) is 44.0 Å². The second-order valence-corrected chi connectivity index (χ2v) is 8.01. The quantitative estimate of drug-likeness (QED) is 0.527. The number of thiazole rings is 1. The molecule has 0 radical (unpaired) electrons. The fourth-order valence-electron chi connectivity index (χ4n) is 3.97. The Morgan fingerprint density at radius 3 is 2.96 bits per heavy atom. The topological polar surface area (TPSA) is 46.3 Å². The number of imidazole rings is 1. The molecule has 1 fully saturated rings. The summed E-state index contributed by atoms with van der Waals surface area (Å²) in [4.78, 5) is 17.4. The minimum atomic E-state index is 0.376. The summed E-state index contributed by atoms with van der Waals surface area (Å²) in [6, 6.07) is 8.79. The molecule has 1 aliphatic rings. The summed E-state index contributed by atoms with van der Waals surface area (Å²) in [6.07, 6.45) is 10.2. The van der Waals surface area contributed by atoms with Gasteiger partial charge in [0, 0.05) is 35.6 Å². The van der Waals surface area contributed by atoms with E-state index in [1.807, 2.05) is 24.1 Å². The fraction of sp³-hybridized carbons (Fsp3) is 0.286. The molecule has 136 valence electrons. The van der Waals surface area contributed by atoms with Gasteiger partial charge in [-0.2, -0.15) is 0 Å². The molecule has 5 rings (SSSR count). The number of fused-ring (bicyclic) bond motifs is 1.